The number of phenols is 1. The van der Waals surface area contributed by atoms with Crippen LogP contribution in [0.4, 0.5) is 0 Å². The molecule has 1 aromatic rings. The number of nitrogens with one attached hydrogen (secondary N) is 1. The monoisotopic (exact) mass is 279 g/mol. The molecule has 0 fully saturated rings. The molecule has 0 radical (unpaired) electrons. The van der Waals surface area contributed by atoms with Crippen LogP contribution in [0, 0.1) is 0 Å². The van der Waals surface area contributed by atoms with Gasteiger partial charge < -0.3 is 15.2 Å². The molecule has 2 N–H and O–H groups in total. The first-order valence-corrected chi connectivity index (χ1v) is 7.41. The summed E-state index contributed by atoms with van der Waals surface area (Å²) in [7, 11) is 1.76. The first-order chi connectivity index (χ1) is 9.32. The first-order valence-electron chi connectivity index (χ1n) is 7.41. The van der Waals surface area contributed by atoms with Gasteiger partial charge in [0.25, 0.3) is 0 Å². The third-order valence-electron chi connectivity index (χ3n) is 3.72. The predicted octanol–water partition coefficient (Wildman–Crippen LogP) is 3.51. The van der Waals surface area contributed by atoms with Crippen LogP contribution in [-0.2, 0) is 11.2 Å². The quantitative estimate of drug-likeness (QED) is 0.765. The molecule has 0 heterocycles. The molecule has 1 aromatic carbocycles. The van der Waals surface area contributed by atoms with E-state index in [2.05, 4.69) is 33.0 Å². The van der Waals surface area contributed by atoms with E-state index in [1.165, 1.54) is 5.56 Å². The van der Waals surface area contributed by atoms with Crippen molar-refractivity contribution in [3.05, 3.63) is 29.8 Å². The van der Waals surface area contributed by atoms with Gasteiger partial charge in [0.2, 0.25) is 0 Å². The molecule has 1 rings (SSSR count). The molecular weight excluding hydrogens is 250 g/mol. The summed E-state index contributed by atoms with van der Waals surface area (Å²) < 4.78 is 5.47. The molecule has 0 amide bonds. The normalized spacial score (nSPS) is 15.1. The Kier molecular flexibility index (Phi) is 6.50. The van der Waals surface area contributed by atoms with Gasteiger partial charge in [-0.05, 0) is 64.7 Å². The fraction of sp³-hybridized carbons (Fsp3) is 0.647. The molecular formula is C17H29NO2. The number of phenolic OH excluding ortho intramolecular Hbond substituents is 1. The summed E-state index contributed by atoms with van der Waals surface area (Å²) in [6.07, 6.45) is 3.10. The lowest BCUT2D eigenvalue weighted by atomic mass is 9.98. The van der Waals surface area contributed by atoms with Gasteiger partial charge >= 0.3 is 0 Å². The second kappa shape index (κ2) is 7.65. The zero-order valence-corrected chi connectivity index (χ0v) is 13.4. The van der Waals surface area contributed by atoms with Crippen molar-refractivity contribution in [3.63, 3.8) is 0 Å². The minimum Gasteiger partial charge on any atom is -0.508 e. The van der Waals surface area contributed by atoms with Gasteiger partial charge in [0.1, 0.15) is 5.75 Å². The van der Waals surface area contributed by atoms with Crippen molar-refractivity contribution in [2.75, 3.05) is 7.11 Å². The zero-order valence-electron chi connectivity index (χ0n) is 13.4. The van der Waals surface area contributed by atoms with Crippen molar-refractivity contribution in [3.8, 4) is 5.75 Å². The summed E-state index contributed by atoms with van der Waals surface area (Å²) in [5, 5.41) is 12.9. The van der Waals surface area contributed by atoms with E-state index in [0.29, 0.717) is 17.8 Å². The number of hydrogen-bond acceptors (Lipinski definition) is 3. The molecule has 0 bridgehead atoms. The molecule has 2 unspecified atom stereocenters. The standard InChI is InChI=1S/C17H29NO2/c1-13(18-14(2)12-17(3,4)20-5)6-7-15-8-10-16(19)11-9-15/h8-11,13-14,18-19H,6-7,12H2,1-5H3. The molecule has 0 aromatic heterocycles. The smallest absolute Gasteiger partial charge is 0.115 e. The lowest BCUT2D eigenvalue weighted by Crippen LogP contribution is -2.40. The van der Waals surface area contributed by atoms with Crippen LogP contribution in [0.2, 0.25) is 0 Å². The lowest BCUT2D eigenvalue weighted by molar-refractivity contribution is 0.00778. The number of aryl methyl sites for hydroxylation is 1. The number of aromatic hydroxyl groups is 1. The summed E-state index contributed by atoms with van der Waals surface area (Å²) >= 11 is 0. The molecule has 3 nitrogen and oxygen atoms in total. The minimum atomic E-state index is -0.0803. The van der Waals surface area contributed by atoms with Gasteiger partial charge in [-0.2, -0.15) is 0 Å². The lowest BCUT2D eigenvalue weighted by Gasteiger charge is -2.29. The summed E-state index contributed by atoms with van der Waals surface area (Å²) in [6, 6.07) is 8.36. The van der Waals surface area contributed by atoms with Crippen molar-refractivity contribution in [1.82, 2.24) is 5.32 Å². The zero-order chi connectivity index (χ0) is 15.2. The first kappa shape index (κ1) is 17.0. The SMILES string of the molecule is COC(C)(C)CC(C)NC(C)CCc1ccc(O)cc1. The van der Waals surface area contributed by atoms with Crippen LogP contribution in [-0.4, -0.2) is 29.9 Å². The average Bonchev–Trinajstić information content (AvgIpc) is 2.37. The molecule has 2 atom stereocenters. The Morgan fingerprint density at radius 1 is 1.15 bits per heavy atom. The van der Waals surface area contributed by atoms with Gasteiger partial charge in [0.05, 0.1) is 5.60 Å². The van der Waals surface area contributed by atoms with Crippen LogP contribution in [0.5, 0.6) is 5.75 Å². The number of rotatable bonds is 8. The highest BCUT2D eigenvalue weighted by atomic mass is 16.5. The van der Waals surface area contributed by atoms with E-state index in [1.807, 2.05) is 12.1 Å². The number of ether oxygens (including phenoxy) is 1. The number of benzene rings is 1. The Bertz CT molecular complexity index is 386. The van der Waals surface area contributed by atoms with E-state index < -0.39 is 0 Å². The third-order valence-corrected chi connectivity index (χ3v) is 3.72. The van der Waals surface area contributed by atoms with Crippen molar-refractivity contribution in [2.24, 2.45) is 0 Å². The third kappa shape index (κ3) is 6.40. The van der Waals surface area contributed by atoms with Crippen LogP contribution >= 0.6 is 0 Å². The second-order valence-corrected chi connectivity index (χ2v) is 6.34. The van der Waals surface area contributed by atoms with Crippen molar-refractivity contribution in [1.29, 1.82) is 0 Å². The van der Waals surface area contributed by atoms with Crippen LogP contribution in [0.1, 0.15) is 46.1 Å². The van der Waals surface area contributed by atoms with E-state index in [-0.39, 0.29) is 5.60 Å². The Labute approximate surface area is 123 Å². The van der Waals surface area contributed by atoms with Gasteiger partial charge in [-0.25, -0.2) is 0 Å². The Hall–Kier alpha value is -1.06. The molecule has 0 aliphatic heterocycles. The van der Waals surface area contributed by atoms with Crippen LogP contribution in [0.25, 0.3) is 0 Å². The van der Waals surface area contributed by atoms with Crippen molar-refractivity contribution >= 4 is 0 Å². The highest BCUT2D eigenvalue weighted by molar-refractivity contribution is 5.25. The van der Waals surface area contributed by atoms with Gasteiger partial charge in [-0.3, -0.25) is 0 Å². The summed E-state index contributed by atoms with van der Waals surface area (Å²) in [6.45, 7) is 8.66. The van der Waals surface area contributed by atoms with E-state index in [0.717, 1.165) is 19.3 Å². The maximum atomic E-state index is 9.26. The predicted molar refractivity (Wildman–Crippen MR) is 84.2 cm³/mol. The Morgan fingerprint density at radius 2 is 1.75 bits per heavy atom. The summed E-state index contributed by atoms with van der Waals surface area (Å²) in [5.74, 6) is 0.329. The Morgan fingerprint density at radius 3 is 2.30 bits per heavy atom. The van der Waals surface area contributed by atoms with E-state index in [9.17, 15) is 5.11 Å². The van der Waals surface area contributed by atoms with Crippen molar-refractivity contribution < 1.29 is 9.84 Å². The second-order valence-electron chi connectivity index (χ2n) is 6.34. The molecule has 0 aliphatic carbocycles. The number of methoxy groups -OCH3 is 1. The maximum absolute atomic E-state index is 9.26. The molecule has 0 saturated heterocycles. The van der Waals surface area contributed by atoms with Crippen LogP contribution in [0.15, 0.2) is 24.3 Å². The maximum Gasteiger partial charge on any atom is 0.115 e. The van der Waals surface area contributed by atoms with Gasteiger partial charge in [-0.1, -0.05) is 12.1 Å². The van der Waals surface area contributed by atoms with E-state index in [4.69, 9.17) is 4.74 Å². The Balaban J connectivity index is 2.32. The molecule has 3 heteroatoms. The fourth-order valence-electron chi connectivity index (χ4n) is 2.49. The van der Waals surface area contributed by atoms with E-state index in [1.54, 1.807) is 19.2 Å². The van der Waals surface area contributed by atoms with Gasteiger partial charge in [0, 0.05) is 19.2 Å². The molecule has 0 saturated carbocycles. The minimum absolute atomic E-state index is 0.0803. The number of hydrogen-bond donors (Lipinski definition) is 2. The van der Waals surface area contributed by atoms with Gasteiger partial charge in [0.15, 0.2) is 0 Å². The van der Waals surface area contributed by atoms with Crippen molar-refractivity contribution in [2.45, 2.75) is 64.6 Å². The van der Waals surface area contributed by atoms with Crippen LogP contribution in [0.3, 0.4) is 0 Å². The molecule has 0 aliphatic rings. The highest BCUT2D eigenvalue weighted by Crippen LogP contribution is 2.16. The molecule has 20 heavy (non-hydrogen) atoms. The molecule has 114 valence electrons. The van der Waals surface area contributed by atoms with Crippen LogP contribution < -0.4 is 5.32 Å². The summed E-state index contributed by atoms with van der Waals surface area (Å²) in [4.78, 5) is 0. The summed E-state index contributed by atoms with van der Waals surface area (Å²) in [5.41, 5.74) is 1.18. The highest BCUT2D eigenvalue weighted by Gasteiger charge is 2.20. The van der Waals surface area contributed by atoms with Gasteiger partial charge in [-0.15, -0.1) is 0 Å². The van der Waals surface area contributed by atoms with E-state index >= 15 is 0 Å². The largest absolute Gasteiger partial charge is 0.508 e. The topological polar surface area (TPSA) is 41.5 Å². The fourth-order valence-corrected chi connectivity index (χ4v) is 2.49. The average molecular weight is 279 g/mol. The molecule has 0 spiro atoms.